The molecule has 0 aromatic rings. The van der Waals surface area contributed by atoms with E-state index in [1.165, 1.54) is 44.9 Å². The first kappa shape index (κ1) is 46.2. The molecule has 0 aliphatic carbocycles. The molecule has 0 saturated heterocycles. The average Bonchev–Trinajstić information content (AvgIpc) is 3.03. The molecular formula is C39H70NO7P. The summed E-state index contributed by atoms with van der Waals surface area (Å²) >= 11 is 0. The van der Waals surface area contributed by atoms with Gasteiger partial charge in [0.05, 0.1) is 34.4 Å². The summed E-state index contributed by atoms with van der Waals surface area (Å²) in [6.07, 6.45) is 38.1. The van der Waals surface area contributed by atoms with Gasteiger partial charge >= 0.3 is 5.97 Å². The highest BCUT2D eigenvalue weighted by Gasteiger charge is 2.20. The van der Waals surface area contributed by atoms with Gasteiger partial charge in [-0.15, -0.1) is 0 Å². The number of rotatable bonds is 33. The number of esters is 1. The van der Waals surface area contributed by atoms with E-state index < -0.39 is 19.9 Å². The minimum Gasteiger partial charge on any atom is -0.756 e. The van der Waals surface area contributed by atoms with Crippen LogP contribution in [-0.2, 0) is 27.9 Å². The van der Waals surface area contributed by atoms with Gasteiger partial charge in [-0.3, -0.25) is 9.36 Å². The summed E-state index contributed by atoms with van der Waals surface area (Å²) in [6.45, 7) is 5.17. The number of allylic oxidation sites excluding steroid dienone is 10. The molecule has 0 N–H and O–H groups in total. The lowest BCUT2D eigenvalue weighted by atomic mass is 10.1. The zero-order valence-corrected chi connectivity index (χ0v) is 32.1. The van der Waals surface area contributed by atoms with Crippen molar-refractivity contribution < 1.29 is 37.3 Å². The van der Waals surface area contributed by atoms with Gasteiger partial charge in [-0.1, -0.05) is 126 Å². The number of quaternary nitrogens is 1. The van der Waals surface area contributed by atoms with E-state index in [4.69, 9.17) is 18.5 Å². The van der Waals surface area contributed by atoms with Crippen molar-refractivity contribution in [1.29, 1.82) is 0 Å². The summed E-state index contributed by atoms with van der Waals surface area (Å²) < 4.78 is 34.3. The standard InChI is InChI=1S/C39H70NO7P/c1-6-8-10-12-14-16-17-18-19-20-21-22-23-24-26-28-30-32-39(41)47-38(37-46-48(42,43)45-35-33-40(3,4)5)36-44-34-31-29-27-25-15-13-11-9-7-2/h8,10,14,16,18-19,21-22,24,26,38H,6-7,9,11-13,15,17,20,23,25,27-37H2,1-5H3/b10-8-,16-14-,19-18-,22-21-,26-24-. The molecule has 0 heterocycles. The molecule has 0 amide bonds. The van der Waals surface area contributed by atoms with Crippen LogP contribution in [0.2, 0.25) is 0 Å². The van der Waals surface area contributed by atoms with E-state index in [1.54, 1.807) is 0 Å². The molecule has 0 aromatic carbocycles. The van der Waals surface area contributed by atoms with Crippen LogP contribution >= 0.6 is 7.82 Å². The molecule has 0 fully saturated rings. The van der Waals surface area contributed by atoms with E-state index in [1.807, 2.05) is 21.1 Å². The fourth-order valence-electron chi connectivity index (χ4n) is 4.46. The first-order chi connectivity index (χ1) is 23.1. The third-order valence-corrected chi connectivity index (χ3v) is 8.30. The fourth-order valence-corrected chi connectivity index (χ4v) is 5.19. The van der Waals surface area contributed by atoms with Crippen molar-refractivity contribution in [3.05, 3.63) is 60.8 Å². The van der Waals surface area contributed by atoms with Crippen LogP contribution in [0.5, 0.6) is 0 Å². The molecule has 0 saturated carbocycles. The Morgan fingerprint density at radius 3 is 1.73 bits per heavy atom. The van der Waals surface area contributed by atoms with Gasteiger partial charge in [0, 0.05) is 13.0 Å². The third kappa shape index (κ3) is 35.5. The minimum atomic E-state index is -4.53. The van der Waals surface area contributed by atoms with Crippen LogP contribution in [-0.4, -0.2) is 70.7 Å². The van der Waals surface area contributed by atoms with E-state index in [9.17, 15) is 14.3 Å². The largest absolute Gasteiger partial charge is 0.756 e. The average molecular weight is 696 g/mol. The zero-order valence-electron chi connectivity index (χ0n) is 31.2. The van der Waals surface area contributed by atoms with Crippen LogP contribution in [0.3, 0.4) is 0 Å². The van der Waals surface area contributed by atoms with Gasteiger partial charge in [-0.05, 0) is 51.4 Å². The molecule has 278 valence electrons. The number of unbranched alkanes of at least 4 members (excludes halogenated alkanes) is 9. The second kappa shape index (κ2) is 32.4. The highest BCUT2D eigenvalue weighted by atomic mass is 31.2. The monoisotopic (exact) mass is 695 g/mol. The second-order valence-electron chi connectivity index (χ2n) is 13.2. The van der Waals surface area contributed by atoms with Gasteiger partial charge in [0.1, 0.15) is 19.3 Å². The molecule has 2 atom stereocenters. The van der Waals surface area contributed by atoms with Gasteiger partial charge < -0.3 is 27.9 Å². The molecule has 0 spiro atoms. The number of hydrogen-bond acceptors (Lipinski definition) is 7. The molecule has 2 unspecified atom stereocenters. The molecule has 0 rings (SSSR count). The molecule has 0 bridgehead atoms. The predicted molar refractivity (Wildman–Crippen MR) is 199 cm³/mol. The Balaban J connectivity index is 4.42. The lowest BCUT2D eigenvalue weighted by Crippen LogP contribution is -2.37. The summed E-state index contributed by atoms with van der Waals surface area (Å²) in [5.41, 5.74) is 0. The van der Waals surface area contributed by atoms with E-state index in [0.29, 0.717) is 24.1 Å². The summed E-state index contributed by atoms with van der Waals surface area (Å²) in [5.74, 6) is -0.394. The molecule has 9 heteroatoms. The van der Waals surface area contributed by atoms with Crippen molar-refractivity contribution in [2.24, 2.45) is 0 Å². The molecule has 48 heavy (non-hydrogen) atoms. The number of nitrogens with zero attached hydrogens (tertiary/aromatic N) is 1. The summed E-state index contributed by atoms with van der Waals surface area (Å²) in [7, 11) is 1.31. The van der Waals surface area contributed by atoms with Gasteiger partial charge in [-0.25, -0.2) is 0 Å². The van der Waals surface area contributed by atoms with E-state index in [-0.39, 0.29) is 26.2 Å². The maximum atomic E-state index is 12.6. The van der Waals surface area contributed by atoms with Crippen LogP contribution in [0.4, 0.5) is 0 Å². The normalized spacial score (nSPS) is 14.7. The lowest BCUT2D eigenvalue weighted by molar-refractivity contribution is -0.870. The van der Waals surface area contributed by atoms with Gasteiger partial charge in [0.25, 0.3) is 7.82 Å². The minimum absolute atomic E-state index is 0.0135. The van der Waals surface area contributed by atoms with Crippen LogP contribution < -0.4 is 4.89 Å². The van der Waals surface area contributed by atoms with E-state index in [0.717, 1.165) is 51.4 Å². The maximum absolute atomic E-state index is 12.6. The van der Waals surface area contributed by atoms with Crippen LogP contribution in [0.15, 0.2) is 60.8 Å². The highest BCUT2D eigenvalue weighted by Crippen LogP contribution is 2.38. The first-order valence-corrected chi connectivity index (χ1v) is 20.0. The smallest absolute Gasteiger partial charge is 0.306 e. The quantitative estimate of drug-likeness (QED) is 0.0222. The van der Waals surface area contributed by atoms with E-state index in [2.05, 4.69) is 74.6 Å². The number of ether oxygens (including phenoxy) is 2. The zero-order chi connectivity index (χ0) is 35.6. The fraction of sp³-hybridized carbons (Fsp3) is 0.718. The Morgan fingerprint density at radius 1 is 0.667 bits per heavy atom. The van der Waals surface area contributed by atoms with Crippen molar-refractivity contribution in [1.82, 2.24) is 0 Å². The number of phosphoric ester groups is 1. The Hall–Kier alpha value is -1.80. The molecule has 0 radical (unpaired) electrons. The third-order valence-electron chi connectivity index (χ3n) is 7.33. The number of carbonyl (C=O) groups is 1. The Labute approximate surface area is 294 Å². The van der Waals surface area contributed by atoms with Crippen molar-refractivity contribution in [2.45, 2.75) is 129 Å². The Morgan fingerprint density at radius 2 is 1.19 bits per heavy atom. The molecule has 0 aliphatic rings. The second-order valence-corrected chi connectivity index (χ2v) is 14.6. The van der Waals surface area contributed by atoms with Gasteiger partial charge in [0.2, 0.25) is 0 Å². The first-order valence-electron chi connectivity index (χ1n) is 18.5. The molecule has 0 aliphatic heterocycles. The lowest BCUT2D eigenvalue weighted by Gasteiger charge is -2.28. The Kier molecular flexibility index (Phi) is 31.2. The van der Waals surface area contributed by atoms with Crippen LogP contribution in [0.1, 0.15) is 123 Å². The predicted octanol–water partition coefficient (Wildman–Crippen LogP) is 9.58. The molecule has 0 aromatic heterocycles. The number of hydrogen-bond donors (Lipinski definition) is 0. The summed E-state index contributed by atoms with van der Waals surface area (Å²) in [6, 6.07) is 0. The van der Waals surface area contributed by atoms with Gasteiger partial charge in [-0.2, -0.15) is 0 Å². The summed E-state index contributed by atoms with van der Waals surface area (Å²) in [4.78, 5) is 24.8. The number of carbonyl (C=O) groups excluding carboxylic acids is 1. The number of likely N-dealkylation sites (N-methyl/N-ethyl adjacent to an activating group) is 1. The molecule has 8 nitrogen and oxygen atoms in total. The van der Waals surface area contributed by atoms with Crippen LogP contribution in [0, 0.1) is 0 Å². The van der Waals surface area contributed by atoms with Crippen molar-refractivity contribution in [2.75, 3.05) is 54.1 Å². The summed E-state index contributed by atoms with van der Waals surface area (Å²) in [5, 5.41) is 0. The van der Waals surface area contributed by atoms with Crippen molar-refractivity contribution >= 4 is 13.8 Å². The SMILES string of the molecule is CC/C=C\C/C=C\C/C=C\C/C=C\C/C=C\CCCC(=O)OC(COCCCCCCCCCCC)COP(=O)([O-])OCC[N+](C)(C)C. The van der Waals surface area contributed by atoms with Crippen molar-refractivity contribution in [3.63, 3.8) is 0 Å². The van der Waals surface area contributed by atoms with Crippen LogP contribution in [0.25, 0.3) is 0 Å². The topological polar surface area (TPSA) is 94.1 Å². The maximum Gasteiger partial charge on any atom is 0.306 e. The molecular weight excluding hydrogens is 625 g/mol. The van der Waals surface area contributed by atoms with Gasteiger partial charge in [0.15, 0.2) is 0 Å². The number of phosphoric acid groups is 1. The van der Waals surface area contributed by atoms with E-state index >= 15 is 0 Å². The van der Waals surface area contributed by atoms with Crippen molar-refractivity contribution in [3.8, 4) is 0 Å². The Bertz CT molecular complexity index is 952. The highest BCUT2D eigenvalue weighted by molar-refractivity contribution is 7.45.